The first-order chi connectivity index (χ1) is 7.70. The highest BCUT2D eigenvalue weighted by molar-refractivity contribution is 5.22. The van der Waals surface area contributed by atoms with Crippen LogP contribution < -0.4 is 5.32 Å². The van der Waals surface area contributed by atoms with Crippen LogP contribution in [0.2, 0.25) is 0 Å². The predicted octanol–water partition coefficient (Wildman–Crippen LogP) is 3.56. The largest absolute Gasteiger partial charge is 0.319 e. The first-order valence-electron chi connectivity index (χ1n) is 6.09. The molecule has 0 aliphatic rings. The van der Waals surface area contributed by atoms with Gasteiger partial charge in [0.2, 0.25) is 0 Å². The van der Waals surface area contributed by atoms with E-state index in [9.17, 15) is 4.39 Å². The predicted molar refractivity (Wildman–Crippen MR) is 67.1 cm³/mol. The maximum absolute atomic E-state index is 13.7. The molecule has 2 atom stereocenters. The molecule has 2 unspecified atom stereocenters. The monoisotopic (exact) mass is 223 g/mol. The minimum absolute atomic E-state index is 0.0781. The van der Waals surface area contributed by atoms with Crippen molar-refractivity contribution < 1.29 is 4.39 Å². The van der Waals surface area contributed by atoms with Gasteiger partial charge in [-0.1, -0.05) is 44.9 Å². The third kappa shape index (κ3) is 3.31. The highest BCUT2D eigenvalue weighted by Crippen LogP contribution is 2.29. The van der Waals surface area contributed by atoms with Gasteiger partial charge in [-0.15, -0.1) is 0 Å². The maximum Gasteiger partial charge on any atom is 0.126 e. The van der Waals surface area contributed by atoms with Crippen LogP contribution in [0.3, 0.4) is 0 Å². The summed E-state index contributed by atoms with van der Waals surface area (Å²) >= 11 is 0. The molecule has 0 fully saturated rings. The van der Waals surface area contributed by atoms with Gasteiger partial charge < -0.3 is 5.32 Å². The van der Waals surface area contributed by atoms with Crippen LogP contribution in [0.15, 0.2) is 24.3 Å². The van der Waals surface area contributed by atoms with Crippen molar-refractivity contribution in [2.45, 2.75) is 32.6 Å². The van der Waals surface area contributed by atoms with Crippen molar-refractivity contribution in [3.63, 3.8) is 0 Å². The summed E-state index contributed by atoms with van der Waals surface area (Å²) in [4.78, 5) is 0. The summed E-state index contributed by atoms with van der Waals surface area (Å²) in [7, 11) is 1.92. The molecule has 0 radical (unpaired) electrons. The van der Waals surface area contributed by atoms with Gasteiger partial charge in [-0.05, 0) is 24.6 Å². The van der Waals surface area contributed by atoms with Crippen LogP contribution in [0.4, 0.5) is 4.39 Å². The quantitative estimate of drug-likeness (QED) is 0.777. The minimum atomic E-state index is -0.0781. The second kappa shape index (κ2) is 6.64. The van der Waals surface area contributed by atoms with E-state index in [-0.39, 0.29) is 11.7 Å². The van der Waals surface area contributed by atoms with E-state index in [2.05, 4.69) is 19.2 Å². The molecular weight excluding hydrogens is 201 g/mol. The van der Waals surface area contributed by atoms with Crippen molar-refractivity contribution in [3.8, 4) is 0 Å². The van der Waals surface area contributed by atoms with E-state index >= 15 is 0 Å². The van der Waals surface area contributed by atoms with Gasteiger partial charge in [0.15, 0.2) is 0 Å². The Morgan fingerprint density at radius 1 is 1.31 bits per heavy atom. The lowest BCUT2D eigenvalue weighted by atomic mass is 9.84. The van der Waals surface area contributed by atoms with Gasteiger partial charge in [0.1, 0.15) is 5.82 Å². The Morgan fingerprint density at radius 2 is 2.00 bits per heavy atom. The zero-order valence-electron chi connectivity index (χ0n) is 10.5. The Balaban J connectivity index is 2.88. The average molecular weight is 223 g/mol. The molecule has 0 aliphatic heterocycles. The SMILES string of the molecule is CCCC(C)C(CNC)c1ccccc1F. The minimum Gasteiger partial charge on any atom is -0.319 e. The topological polar surface area (TPSA) is 12.0 Å². The van der Waals surface area contributed by atoms with Crippen LogP contribution in [-0.4, -0.2) is 13.6 Å². The first kappa shape index (κ1) is 13.2. The molecule has 0 bridgehead atoms. The molecule has 1 N–H and O–H groups in total. The summed E-state index contributed by atoms with van der Waals surface area (Å²) in [6.07, 6.45) is 2.29. The van der Waals surface area contributed by atoms with Crippen LogP contribution in [0, 0.1) is 11.7 Å². The molecule has 0 heterocycles. The third-order valence-corrected chi connectivity index (χ3v) is 3.16. The van der Waals surface area contributed by atoms with Crippen LogP contribution in [-0.2, 0) is 0 Å². The van der Waals surface area contributed by atoms with Crippen molar-refractivity contribution in [1.29, 1.82) is 0 Å². The van der Waals surface area contributed by atoms with E-state index in [1.54, 1.807) is 12.1 Å². The molecule has 0 aliphatic carbocycles. The summed E-state index contributed by atoms with van der Waals surface area (Å²) in [5.74, 6) is 0.700. The Bertz CT molecular complexity index is 311. The van der Waals surface area contributed by atoms with Gasteiger partial charge in [-0.2, -0.15) is 0 Å². The molecular formula is C14H22FN. The molecule has 0 saturated carbocycles. The lowest BCUT2D eigenvalue weighted by Crippen LogP contribution is -2.23. The van der Waals surface area contributed by atoms with Crippen LogP contribution in [0.25, 0.3) is 0 Å². The lowest BCUT2D eigenvalue weighted by Gasteiger charge is -2.24. The fourth-order valence-electron chi connectivity index (χ4n) is 2.27. The molecule has 0 saturated heterocycles. The highest BCUT2D eigenvalue weighted by Gasteiger charge is 2.20. The summed E-state index contributed by atoms with van der Waals surface area (Å²) in [5, 5.41) is 3.17. The number of benzene rings is 1. The van der Waals surface area contributed by atoms with E-state index in [0.717, 1.165) is 24.9 Å². The Hall–Kier alpha value is -0.890. The van der Waals surface area contributed by atoms with Gasteiger partial charge in [-0.3, -0.25) is 0 Å². The smallest absolute Gasteiger partial charge is 0.126 e. The molecule has 1 aromatic rings. The number of nitrogens with one attached hydrogen (secondary N) is 1. The second-order valence-corrected chi connectivity index (χ2v) is 4.45. The Morgan fingerprint density at radius 3 is 2.56 bits per heavy atom. The normalized spacial score (nSPS) is 14.8. The second-order valence-electron chi connectivity index (χ2n) is 4.45. The molecule has 0 spiro atoms. The van der Waals surface area contributed by atoms with Crippen molar-refractivity contribution >= 4 is 0 Å². The molecule has 90 valence electrons. The van der Waals surface area contributed by atoms with E-state index in [0.29, 0.717) is 5.92 Å². The molecule has 1 rings (SSSR count). The number of halogens is 1. The molecule has 16 heavy (non-hydrogen) atoms. The van der Waals surface area contributed by atoms with E-state index in [1.807, 2.05) is 19.2 Å². The fourth-order valence-corrected chi connectivity index (χ4v) is 2.27. The van der Waals surface area contributed by atoms with Crippen LogP contribution >= 0.6 is 0 Å². The standard InChI is InChI=1S/C14H22FN/c1-4-7-11(2)13(10-16-3)12-8-5-6-9-14(12)15/h5-6,8-9,11,13,16H,4,7,10H2,1-3H3. The van der Waals surface area contributed by atoms with Gasteiger partial charge in [0.25, 0.3) is 0 Å². The van der Waals surface area contributed by atoms with E-state index in [4.69, 9.17) is 0 Å². The van der Waals surface area contributed by atoms with Gasteiger partial charge in [-0.25, -0.2) is 4.39 Å². The number of hydrogen-bond acceptors (Lipinski definition) is 1. The number of rotatable bonds is 6. The average Bonchev–Trinajstić information content (AvgIpc) is 2.27. The molecule has 1 nitrogen and oxygen atoms in total. The molecule has 2 heteroatoms. The lowest BCUT2D eigenvalue weighted by molar-refractivity contribution is 0.400. The van der Waals surface area contributed by atoms with Gasteiger partial charge in [0, 0.05) is 12.5 Å². The number of likely N-dealkylation sites (N-methyl/N-ethyl adjacent to an activating group) is 1. The zero-order valence-corrected chi connectivity index (χ0v) is 10.5. The fraction of sp³-hybridized carbons (Fsp3) is 0.571. The van der Waals surface area contributed by atoms with Crippen LogP contribution in [0.1, 0.15) is 38.2 Å². The van der Waals surface area contributed by atoms with E-state index < -0.39 is 0 Å². The molecule has 0 amide bonds. The van der Waals surface area contributed by atoms with Crippen LogP contribution in [0.5, 0.6) is 0 Å². The first-order valence-corrected chi connectivity index (χ1v) is 6.09. The van der Waals surface area contributed by atoms with Crippen molar-refractivity contribution in [2.24, 2.45) is 5.92 Å². The number of hydrogen-bond donors (Lipinski definition) is 1. The van der Waals surface area contributed by atoms with Crippen molar-refractivity contribution in [3.05, 3.63) is 35.6 Å². The molecule has 1 aromatic carbocycles. The summed E-state index contributed by atoms with van der Waals surface area (Å²) < 4.78 is 13.7. The maximum atomic E-state index is 13.7. The highest BCUT2D eigenvalue weighted by atomic mass is 19.1. The summed E-state index contributed by atoms with van der Waals surface area (Å²) in [6.45, 7) is 5.22. The van der Waals surface area contributed by atoms with Gasteiger partial charge in [0.05, 0.1) is 0 Å². The van der Waals surface area contributed by atoms with Gasteiger partial charge >= 0.3 is 0 Å². The summed E-state index contributed by atoms with van der Waals surface area (Å²) in [6, 6.07) is 7.12. The van der Waals surface area contributed by atoms with Crippen molar-refractivity contribution in [1.82, 2.24) is 5.32 Å². The summed E-state index contributed by atoms with van der Waals surface area (Å²) in [5.41, 5.74) is 0.845. The Kier molecular flexibility index (Phi) is 5.47. The molecule has 0 aromatic heterocycles. The van der Waals surface area contributed by atoms with Crippen molar-refractivity contribution in [2.75, 3.05) is 13.6 Å². The Labute approximate surface area is 98.1 Å². The van der Waals surface area contributed by atoms with E-state index in [1.165, 1.54) is 0 Å². The zero-order chi connectivity index (χ0) is 12.0. The third-order valence-electron chi connectivity index (χ3n) is 3.16.